The molecule has 0 aliphatic heterocycles. The Kier molecular flexibility index (Phi) is 3.61. The largest absolute Gasteiger partial charge is 0.327 e. The van der Waals surface area contributed by atoms with Gasteiger partial charge in [-0.1, -0.05) is 19.3 Å². The molecule has 0 aromatic heterocycles. The zero-order chi connectivity index (χ0) is 9.97. The Morgan fingerprint density at radius 3 is 2.36 bits per heavy atom. The molecule has 2 rings (SSSR count). The third-order valence-electron chi connectivity index (χ3n) is 3.72. The Bertz CT molecular complexity index is 213. The molecule has 2 N–H and O–H groups in total. The Morgan fingerprint density at radius 2 is 1.79 bits per heavy atom. The van der Waals surface area contributed by atoms with Gasteiger partial charge in [0.25, 0.3) is 0 Å². The Hall–Kier alpha value is 0.110. The maximum Gasteiger partial charge on any atom is 0.0499 e. The molecule has 2 aliphatic rings. The van der Waals surface area contributed by atoms with Gasteiger partial charge in [-0.2, -0.15) is 0 Å². The summed E-state index contributed by atoms with van der Waals surface area (Å²) in [7, 11) is -0.640. The molecule has 2 aliphatic carbocycles. The molecule has 3 unspecified atom stereocenters. The Labute approximate surface area is 89.1 Å². The minimum atomic E-state index is -0.640. The molecule has 14 heavy (non-hydrogen) atoms. The van der Waals surface area contributed by atoms with Gasteiger partial charge in [-0.25, -0.2) is 0 Å². The van der Waals surface area contributed by atoms with Crippen molar-refractivity contribution in [3.8, 4) is 0 Å². The fraction of sp³-hybridized carbons (Fsp3) is 1.00. The van der Waals surface area contributed by atoms with Crippen LogP contribution in [0.15, 0.2) is 0 Å². The van der Waals surface area contributed by atoms with Gasteiger partial charge in [0.1, 0.15) is 0 Å². The van der Waals surface area contributed by atoms with Crippen LogP contribution in [-0.2, 0) is 10.8 Å². The maximum atomic E-state index is 12.0. The Morgan fingerprint density at radius 1 is 1.07 bits per heavy atom. The van der Waals surface area contributed by atoms with Crippen molar-refractivity contribution in [1.82, 2.24) is 0 Å². The molecule has 3 heteroatoms. The van der Waals surface area contributed by atoms with Gasteiger partial charge in [0.15, 0.2) is 0 Å². The van der Waals surface area contributed by atoms with Crippen LogP contribution in [0.2, 0.25) is 0 Å². The van der Waals surface area contributed by atoms with Crippen molar-refractivity contribution in [3.63, 3.8) is 0 Å². The lowest BCUT2D eigenvalue weighted by Crippen LogP contribution is -2.34. The third kappa shape index (κ3) is 2.37. The molecule has 0 amide bonds. The number of nitrogens with two attached hydrogens (primary N) is 1. The van der Waals surface area contributed by atoms with Crippen LogP contribution in [0.3, 0.4) is 0 Å². The van der Waals surface area contributed by atoms with Gasteiger partial charge in [-0.05, 0) is 31.6 Å². The van der Waals surface area contributed by atoms with Crippen LogP contribution in [-0.4, -0.2) is 21.3 Å². The molecular formula is C11H21NOS. The minimum absolute atomic E-state index is 0.220. The zero-order valence-corrected chi connectivity index (χ0v) is 9.60. The van der Waals surface area contributed by atoms with Crippen molar-refractivity contribution in [3.05, 3.63) is 0 Å². The number of rotatable bonds is 3. The fourth-order valence-electron chi connectivity index (χ4n) is 2.81. The Balaban J connectivity index is 1.82. The van der Waals surface area contributed by atoms with Crippen LogP contribution < -0.4 is 5.73 Å². The predicted octanol–water partition coefficient (Wildman–Crippen LogP) is 1.81. The summed E-state index contributed by atoms with van der Waals surface area (Å²) in [6.45, 7) is 0. The molecule has 82 valence electrons. The van der Waals surface area contributed by atoms with Crippen LogP contribution in [0.25, 0.3) is 0 Å². The van der Waals surface area contributed by atoms with Crippen LogP contribution in [0, 0.1) is 5.92 Å². The van der Waals surface area contributed by atoms with E-state index in [1.165, 1.54) is 32.1 Å². The highest BCUT2D eigenvalue weighted by molar-refractivity contribution is 7.85. The third-order valence-corrected chi connectivity index (χ3v) is 5.78. The molecule has 2 fully saturated rings. The van der Waals surface area contributed by atoms with E-state index in [2.05, 4.69) is 0 Å². The van der Waals surface area contributed by atoms with Crippen molar-refractivity contribution in [2.24, 2.45) is 11.7 Å². The molecule has 0 radical (unpaired) electrons. The summed E-state index contributed by atoms with van der Waals surface area (Å²) < 4.78 is 12.0. The highest BCUT2D eigenvalue weighted by Gasteiger charge is 2.30. The van der Waals surface area contributed by atoms with Gasteiger partial charge >= 0.3 is 0 Å². The van der Waals surface area contributed by atoms with E-state index in [0.29, 0.717) is 5.25 Å². The summed E-state index contributed by atoms with van der Waals surface area (Å²) in [5, 5.41) is 0.315. The molecule has 0 aromatic rings. The summed E-state index contributed by atoms with van der Waals surface area (Å²) >= 11 is 0. The number of hydrogen-bond acceptors (Lipinski definition) is 2. The average molecular weight is 215 g/mol. The van der Waals surface area contributed by atoms with Crippen molar-refractivity contribution < 1.29 is 4.21 Å². The lowest BCUT2D eigenvalue weighted by Gasteiger charge is -2.17. The first-order chi connectivity index (χ1) is 6.77. The monoisotopic (exact) mass is 215 g/mol. The molecule has 0 bridgehead atoms. The van der Waals surface area contributed by atoms with Crippen LogP contribution in [0.4, 0.5) is 0 Å². The normalized spacial score (nSPS) is 36.4. The summed E-state index contributed by atoms with van der Waals surface area (Å²) in [5.74, 6) is 1.67. The zero-order valence-electron chi connectivity index (χ0n) is 8.78. The topological polar surface area (TPSA) is 43.1 Å². The second-order valence-corrected chi connectivity index (χ2v) is 6.53. The second-order valence-electron chi connectivity index (χ2n) is 4.83. The van der Waals surface area contributed by atoms with Crippen LogP contribution >= 0.6 is 0 Å². The molecule has 3 atom stereocenters. The van der Waals surface area contributed by atoms with Gasteiger partial charge in [-0.3, -0.25) is 4.21 Å². The van der Waals surface area contributed by atoms with Crippen LogP contribution in [0.5, 0.6) is 0 Å². The van der Waals surface area contributed by atoms with Crippen molar-refractivity contribution in [2.45, 2.75) is 56.2 Å². The summed E-state index contributed by atoms with van der Waals surface area (Å²) in [5.41, 5.74) is 5.96. The van der Waals surface area contributed by atoms with Crippen molar-refractivity contribution in [2.75, 3.05) is 5.75 Å². The molecule has 0 spiro atoms. The summed E-state index contributed by atoms with van der Waals surface area (Å²) in [4.78, 5) is 0. The standard InChI is InChI=1S/C11H21NOS/c12-10-6-3-7-11(10)14(13)8-9-4-1-2-5-9/h9-11H,1-8,12H2. The van der Waals surface area contributed by atoms with E-state index in [4.69, 9.17) is 5.73 Å². The highest BCUT2D eigenvalue weighted by atomic mass is 32.2. The van der Waals surface area contributed by atoms with Gasteiger partial charge in [0, 0.05) is 27.8 Å². The van der Waals surface area contributed by atoms with E-state index in [9.17, 15) is 4.21 Å². The van der Waals surface area contributed by atoms with Gasteiger partial charge in [-0.15, -0.1) is 0 Å². The molecule has 0 saturated heterocycles. The van der Waals surface area contributed by atoms with Crippen molar-refractivity contribution >= 4 is 10.8 Å². The summed E-state index contributed by atoms with van der Waals surface area (Å²) in [6.07, 6.45) is 8.66. The number of hydrogen-bond donors (Lipinski definition) is 1. The van der Waals surface area contributed by atoms with Crippen LogP contribution in [0.1, 0.15) is 44.9 Å². The SMILES string of the molecule is NC1CCCC1S(=O)CC1CCCC1. The van der Waals surface area contributed by atoms with E-state index in [-0.39, 0.29) is 6.04 Å². The quantitative estimate of drug-likeness (QED) is 0.780. The first-order valence-corrected chi connectivity index (χ1v) is 7.28. The summed E-state index contributed by atoms with van der Waals surface area (Å²) in [6, 6.07) is 0.220. The molecule has 2 nitrogen and oxygen atoms in total. The van der Waals surface area contributed by atoms with E-state index in [0.717, 1.165) is 24.5 Å². The van der Waals surface area contributed by atoms with E-state index in [1.54, 1.807) is 0 Å². The highest BCUT2D eigenvalue weighted by Crippen LogP contribution is 2.29. The van der Waals surface area contributed by atoms with Gasteiger partial charge in [0.2, 0.25) is 0 Å². The smallest absolute Gasteiger partial charge is 0.0499 e. The molecule has 0 heterocycles. The molecular weight excluding hydrogens is 194 g/mol. The second kappa shape index (κ2) is 4.75. The van der Waals surface area contributed by atoms with E-state index < -0.39 is 10.8 Å². The molecule has 2 saturated carbocycles. The minimum Gasteiger partial charge on any atom is -0.327 e. The maximum absolute atomic E-state index is 12.0. The average Bonchev–Trinajstić information content (AvgIpc) is 2.75. The first kappa shape index (κ1) is 10.6. The van der Waals surface area contributed by atoms with Crippen molar-refractivity contribution in [1.29, 1.82) is 0 Å². The first-order valence-electron chi connectivity index (χ1n) is 5.90. The predicted molar refractivity (Wildman–Crippen MR) is 60.6 cm³/mol. The lowest BCUT2D eigenvalue weighted by atomic mass is 10.1. The molecule has 0 aromatic carbocycles. The lowest BCUT2D eigenvalue weighted by molar-refractivity contribution is 0.592. The van der Waals surface area contributed by atoms with Gasteiger partial charge < -0.3 is 5.73 Å². The fourth-order valence-corrected chi connectivity index (χ4v) is 4.81. The van der Waals surface area contributed by atoms with E-state index >= 15 is 0 Å². The van der Waals surface area contributed by atoms with E-state index in [1.807, 2.05) is 0 Å². The van der Waals surface area contributed by atoms with Gasteiger partial charge in [0.05, 0.1) is 0 Å².